The Hall–Kier alpha value is -4.87. The average Bonchev–Trinajstić information content (AvgIpc) is 3.67. The third-order valence-corrected chi connectivity index (χ3v) is 7.49. The van der Waals surface area contributed by atoms with Crippen LogP contribution < -0.4 is 10.6 Å². The number of nitrogens with zero attached hydrogens (tertiary/aromatic N) is 7. The Labute approximate surface area is 250 Å². The highest BCUT2D eigenvalue weighted by Gasteiger charge is 2.30. The summed E-state index contributed by atoms with van der Waals surface area (Å²) >= 11 is 0. The van der Waals surface area contributed by atoms with Gasteiger partial charge in [-0.3, -0.25) is 19.0 Å². The van der Waals surface area contributed by atoms with Crippen LogP contribution in [-0.2, 0) is 22.6 Å². The third-order valence-electron chi connectivity index (χ3n) is 7.49. The van der Waals surface area contributed by atoms with Crippen molar-refractivity contribution in [3.63, 3.8) is 0 Å². The molecule has 0 spiro atoms. The summed E-state index contributed by atoms with van der Waals surface area (Å²) in [6.45, 7) is 6.91. The molecule has 2 atom stereocenters. The first-order valence-corrected chi connectivity index (χ1v) is 14.6. The van der Waals surface area contributed by atoms with E-state index in [0.29, 0.717) is 49.7 Å². The molecule has 0 bridgehead atoms. The van der Waals surface area contributed by atoms with Gasteiger partial charge in [-0.1, -0.05) is 50.2 Å². The fourth-order valence-corrected chi connectivity index (χ4v) is 5.25. The molecule has 3 heterocycles. The van der Waals surface area contributed by atoms with Crippen molar-refractivity contribution >= 4 is 17.7 Å². The first-order chi connectivity index (χ1) is 20.8. The summed E-state index contributed by atoms with van der Waals surface area (Å²) in [4.78, 5) is 47.0. The second-order valence-electron chi connectivity index (χ2n) is 11.1. The lowest BCUT2D eigenvalue weighted by Gasteiger charge is -2.28. The molecule has 0 fully saturated rings. The van der Waals surface area contributed by atoms with E-state index in [2.05, 4.69) is 30.9 Å². The largest absolute Gasteiger partial charge is 0.344 e. The van der Waals surface area contributed by atoms with Crippen LogP contribution >= 0.6 is 0 Å². The number of nitrogens with one attached hydrogen (secondary N) is 2. The summed E-state index contributed by atoms with van der Waals surface area (Å²) in [6.07, 6.45) is 4.11. The average molecular weight is 584 g/mol. The highest BCUT2D eigenvalue weighted by Crippen LogP contribution is 2.22. The molecule has 224 valence electrons. The summed E-state index contributed by atoms with van der Waals surface area (Å²) in [5.74, 6) is 0.514. The second-order valence-corrected chi connectivity index (χ2v) is 11.1. The molecule has 43 heavy (non-hydrogen) atoms. The molecule has 1 aliphatic heterocycles. The first kappa shape index (κ1) is 29.6. The summed E-state index contributed by atoms with van der Waals surface area (Å²) in [5, 5.41) is 18.4. The lowest BCUT2D eigenvalue weighted by Crippen LogP contribution is -2.50. The SMILES string of the molecule is Cc1nc2n(n1)CCN(C(=O)c1cccc(-n3cnnc3)c1)CCCC(=O)N[C@@H](Cc1ccccc1)C(=O)N[C@@H]2C(C)C. The zero-order valence-electron chi connectivity index (χ0n) is 24.7. The molecule has 12 heteroatoms. The van der Waals surface area contributed by atoms with Crippen LogP contribution in [0.4, 0.5) is 0 Å². The van der Waals surface area contributed by atoms with Gasteiger partial charge in [0.25, 0.3) is 5.91 Å². The van der Waals surface area contributed by atoms with E-state index in [1.54, 1.807) is 38.9 Å². The molecule has 2 aromatic heterocycles. The highest BCUT2D eigenvalue weighted by atomic mass is 16.2. The summed E-state index contributed by atoms with van der Waals surface area (Å²) in [6, 6.07) is 15.7. The van der Waals surface area contributed by atoms with E-state index >= 15 is 0 Å². The van der Waals surface area contributed by atoms with Crippen molar-refractivity contribution in [1.82, 2.24) is 45.1 Å². The van der Waals surface area contributed by atoms with E-state index in [1.807, 2.05) is 63.2 Å². The molecule has 3 amide bonds. The number of fused-ring (bicyclic) bond motifs is 1. The van der Waals surface area contributed by atoms with Crippen molar-refractivity contribution in [3.05, 3.63) is 90.0 Å². The van der Waals surface area contributed by atoms with Gasteiger partial charge in [-0.05, 0) is 43.0 Å². The minimum Gasteiger partial charge on any atom is -0.344 e. The second kappa shape index (κ2) is 13.4. The minimum absolute atomic E-state index is 0.00887. The first-order valence-electron chi connectivity index (χ1n) is 14.6. The molecule has 0 unspecified atom stereocenters. The van der Waals surface area contributed by atoms with Gasteiger partial charge in [-0.15, -0.1) is 10.2 Å². The number of amides is 3. The quantitative estimate of drug-likeness (QED) is 0.368. The number of carbonyl (C=O) groups is 3. The van der Waals surface area contributed by atoms with Gasteiger partial charge < -0.3 is 15.5 Å². The number of rotatable bonds is 5. The number of aryl methyl sites for hydroxylation is 1. The lowest BCUT2D eigenvalue weighted by atomic mass is 10.0. The molecule has 0 radical (unpaired) electrons. The monoisotopic (exact) mass is 583 g/mol. The zero-order valence-corrected chi connectivity index (χ0v) is 24.7. The number of hydrogen-bond donors (Lipinski definition) is 2. The van der Waals surface area contributed by atoms with Gasteiger partial charge in [0, 0.05) is 37.2 Å². The normalized spacial score (nSPS) is 18.5. The maximum absolute atomic E-state index is 13.8. The van der Waals surface area contributed by atoms with Crippen LogP contribution in [0.25, 0.3) is 5.69 Å². The van der Waals surface area contributed by atoms with E-state index < -0.39 is 12.1 Å². The highest BCUT2D eigenvalue weighted by molar-refractivity contribution is 5.95. The van der Waals surface area contributed by atoms with Gasteiger partial charge in [0.15, 0.2) is 0 Å². The van der Waals surface area contributed by atoms with Crippen LogP contribution in [-0.4, -0.2) is 71.3 Å². The Bertz CT molecular complexity index is 1550. The fourth-order valence-electron chi connectivity index (χ4n) is 5.25. The Balaban J connectivity index is 1.44. The number of benzene rings is 2. The maximum Gasteiger partial charge on any atom is 0.253 e. The van der Waals surface area contributed by atoms with Crippen molar-refractivity contribution in [2.45, 2.75) is 58.7 Å². The molecule has 4 aromatic rings. The number of aromatic nitrogens is 6. The molecule has 2 N–H and O–H groups in total. The molecule has 5 rings (SSSR count). The van der Waals surface area contributed by atoms with Crippen molar-refractivity contribution in [2.75, 3.05) is 13.1 Å². The third kappa shape index (κ3) is 7.32. The molecule has 0 aliphatic carbocycles. The minimum atomic E-state index is -0.769. The molecule has 12 nitrogen and oxygen atoms in total. The Morgan fingerprint density at radius 1 is 0.977 bits per heavy atom. The van der Waals surface area contributed by atoms with Gasteiger partial charge in [0.1, 0.15) is 30.3 Å². The molecule has 2 aromatic carbocycles. The lowest BCUT2D eigenvalue weighted by molar-refractivity contribution is -0.129. The summed E-state index contributed by atoms with van der Waals surface area (Å²) in [5.41, 5.74) is 2.23. The fraction of sp³-hybridized carbons (Fsp3) is 0.387. The van der Waals surface area contributed by atoms with E-state index in [1.165, 1.54) is 0 Å². The van der Waals surface area contributed by atoms with Crippen LogP contribution in [0.2, 0.25) is 0 Å². The standard InChI is InChI=1S/C31H37N9O3/c1-21(2)28-29-34-22(3)37-40(29)16-15-38(31(43)24-11-7-12-25(18-24)39-19-32-33-20-39)14-8-13-27(41)35-26(30(42)36-28)17-23-9-5-4-6-10-23/h4-7,9-12,18-21,26,28H,8,13-17H2,1-3H3,(H,35,41)(H,36,42)/t26-,28+/m0/s1. The molecule has 0 saturated carbocycles. The zero-order chi connectivity index (χ0) is 30.3. The van der Waals surface area contributed by atoms with Crippen LogP contribution in [0.1, 0.15) is 60.3 Å². The summed E-state index contributed by atoms with van der Waals surface area (Å²) < 4.78 is 3.52. The molecule has 0 saturated heterocycles. The van der Waals surface area contributed by atoms with Gasteiger partial charge in [-0.25, -0.2) is 9.67 Å². The van der Waals surface area contributed by atoms with Crippen LogP contribution in [0.15, 0.2) is 67.3 Å². The molecular formula is C31H37N9O3. The molecule has 1 aliphatic rings. The van der Waals surface area contributed by atoms with Gasteiger partial charge in [0.05, 0.1) is 12.6 Å². The molecular weight excluding hydrogens is 546 g/mol. The van der Waals surface area contributed by atoms with Crippen molar-refractivity contribution < 1.29 is 14.4 Å². The maximum atomic E-state index is 13.8. The van der Waals surface area contributed by atoms with Crippen LogP contribution in [0.5, 0.6) is 0 Å². The topological polar surface area (TPSA) is 140 Å². The van der Waals surface area contributed by atoms with Crippen LogP contribution in [0, 0.1) is 12.8 Å². The Morgan fingerprint density at radius 3 is 2.49 bits per heavy atom. The summed E-state index contributed by atoms with van der Waals surface area (Å²) in [7, 11) is 0. The number of carbonyl (C=O) groups excluding carboxylic acids is 3. The van der Waals surface area contributed by atoms with Gasteiger partial charge in [-0.2, -0.15) is 5.10 Å². The van der Waals surface area contributed by atoms with Crippen molar-refractivity contribution in [1.29, 1.82) is 0 Å². The predicted octanol–water partition coefficient (Wildman–Crippen LogP) is 2.64. The van der Waals surface area contributed by atoms with Gasteiger partial charge in [0.2, 0.25) is 11.8 Å². The van der Waals surface area contributed by atoms with Crippen LogP contribution in [0.3, 0.4) is 0 Å². The smallest absolute Gasteiger partial charge is 0.253 e. The van der Waals surface area contributed by atoms with E-state index in [4.69, 9.17) is 0 Å². The van der Waals surface area contributed by atoms with Crippen molar-refractivity contribution in [3.8, 4) is 5.69 Å². The Morgan fingerprint density at radius 2 is 1.74 bits per heavy atom. The number of hydrogen-bond acceptors (Lipinski definition) is 7. The van der Waals surface area contributed by atoms with Crippen molar-refractivity contribution in [2.24, 2.45) is 5.92 Å². The predicted molar refractivity (Wildman–Crippen MR) is 159 cm³/mol. The van der Waals surface area contributed by atoms with Gasteiger partial charge >= 0.3 is 0 Å². The Kier molecular flexibility index (Phi) is 9.23. The van der Waals surface area contributed by atoms with E-state index in [-0.39, 0.29) is 30.1 Å². The van der Waals surface area contributed by atoms with E-state index in [9.17, 15) is 14.4 Å². The van der Waals surface area contributed by atoms with E-state index in [0.717, 1.165) is 11.3 Å².